The van der Waals surface area contributed by atoms with Gasteiger partial charge in [-0.3, -0.25) is 9.78 Å². The van der Waals surface area contributed by atoms with E-state index in [-0.39, 0.29) is 23.0 Å². The fourth-order valence-electron chi connectivity index (χ4n) is 4.68. The lowest BCUT2D eigenvalue weighted by Gasteiger charge is -2.29. The average Bonchev–Trinajstić information content (AvgIpc) is 3.54. The molecule has 2 aromatic carbocycles. The molecular weight excluding hydrogens is 549 g/mol. The fourth-order valence-corrected chi connectivity index (χ4v) is 5.20. The number of aromatic nitrogens is 2. The second kappa shape index (κ2) is 10.9. The Morgan fingerprint density at radius 1 is 1.10 bits per heavy atom. The number of thiocarbonyl (C=S) groups is 1. The predicted octanol–water partition coefficient (Wildman–Crippen LogP) is 6.84. The molecule has 1 amide bonds. The van der Waals surface area contributed by atoms with E-state index in [4.69, 9.17) is 28.6 Å². The van der Waals surface area contributed by atoms with Crippen LogP contribution >= 0.6 is 23.8 Å². The van der Waals surface area contributed by atoms with Crippen molar-refractivity contribution in [1.82, 2.24) is 14.9 Å². The maximum atomic E-state index is 14.0. The largest absolute Gasteiger partial charge is 0.494 e. The first-order chi connectivity index (χ1) is 19.1. The molecule has 0 unspecified atom stereocenters. The minimum Gasteiger partial charge on any atom is -0.494 e. The van der Waals surface area contributed by atoms with E-state index in [0.717, 1.165) is 17.1 Å². The number of carbonyl (C=O) groups is 1. The summed E-state index contributed by atoms with van der Waals surface area (Å²) in [5.74, 6) is -0.110. The third kappa shape index (κ3) is 5.26. The molecule has 1 saturated heterocycles. The van der Waals surface area contributed by atoms with Crippen LogP contribution in [0.3, 0.4) is 0 Å². The number of nitrogens with zero attached hydrogens (tertiary/aromatic N) is 3. The van der Waals surface area contributed by atoms with E-state index < -0.39 is 11.2 Å². The lowest BCUT2D eigenvalue weighted by Crippen LogP contribution is -2.30. The standard InChI is InChI=1S/C30H29ClFN5O2S/c1-30(2,3)28(38)34-22-13-11-19(17-25(22)39-4)37-27(26(35-29(37)40)23-8-5-6-14-33-23)24-9-7-15-36(24)18-10-12-21(32)20(31)16-18/h5-17,26-27H,1-4H3,(H,34,38)(H,35,40)/t26-,27-/m0/s1. The first kappa shape index (κ1) is 27.6. The van der Waals surface area contributed by atoms with E-state index in [1.54, 1.807) is 25.4 Å². The number of halogens is 2. The Hall–Kier alpha value is -3.95. The number of hydrogen-bond acceptors (Lipinski definition) is 4. The van der Waals surface area contributed by atoms with Gasteiger partial charge in [0.1, 0.15) is 17.6 Å². The van der Waals surface area contributed by atoms with Crippen LogP contribution in [0.4, 0.5) is 15.8 Å². The van der Waals surface area contributed by atoms with Gasteiger partial charge in [-0.2, -0.15) is 0 Å². The molecule has 0 spiro atoms. The summed E-state index contributed by atoms with van der Waals surface area (Å²) in [7, 11) is 1.56. The topological polar surface area (TPSA) is 71.4 Å². The molecule has 40 heavy (non-hydrogen) atoms. The van der Waals surface area contributed by atoms with Crippen LogP contribution in [-0.4, -0.2) is 27.7 Å². The van der Waals surface area contributed by atoms with Gasteiger partial charge in [0, 0.05) is 40.9 Å². The lowest BCUT2D eigenvalue weighted by molar-refractivity contribution is -0.123. The Balaban J connectivity index is 1.61. The summed E-state index contributed by atoms with van der Waals surface area (Å²) in [6.45, 7) is 5.55. The number of carbonyl (C=O) groups excluding carboxylic acids is 1. The lowest BCUT2D eigenvalue weighted by atomic mass is 9.95. The monoisotopic (exact) mass is 577 g/mol. The van der Waals surface area contributed by atoms with E-state index in [1.807, 2.05) is 85.0 Å². The van der Waals surface area contributed by atoms with E-state index in [9.17, 15) is 9.18 Å². The van der Waals surface area contributed by atoms with Crippen molar-refractivity contribution in [2.24, 2.45) is 5.41 Å². The van der Waals surface area contributed by atoms with Gasteiger partial charge >= 0.3 is 0 Å². The zero-order valence-electron chi connectivity index (χ0n) is 22.5. The molecule has 0 aliphatic carbocycles. The van der Waals surface area contributed by atoms with Crippen molar-refractivity contribution in [3.8, 4) is 11.4 Å². The molecule has 0 radical (unpaired) electrons. The number of hydrogen-bond donors (Lipinski definition) is 2. The summed E-state index contributed by atoms with van der Waals surface area (Å²) in [4.78, 5) is 19.3. The number of ether oxygens (including phenoxy) is 1. The molecule has 1 aliphatic heterocycles. The van der Waals surface area contributed by atoms with Crippen LogP contribution in [0.5, 0.6) is 5.75 Å². The summed E-state index contributed by atoms with van der Waals surface area (Å²) >= 11 is 12.0. The Kier molecular flexibility index (Phi) is 7.53. The van der Waals surface area contributed by atoms with Gasteiger partial charge in [0.15, 0.2) is 5.11 Å². The SMILES string of the molecule is COc1cc(N2C(=S)N[C@@H](c3ccccn3)[C@@H]2c2cccn2-c2ccc(F)c(Cl)c2)ccc1NC(=O)C(C)(C)C. The van der Waals surface area contributed by atoms with Crippen molar-refractivity contribution in [2.45, 2.75) is 32.9 Å². The highest BCUT2D eigenvalue weighted by Gasteiger charge is 2.42. The minimum atomic E-state index is -0.570. The number of benzene rings is 2. The molecule has 5 rings (SSSR count). The van der Waals surface area contributed by atoms with Gasteiger partial charge in [-0.05, 0) is 66.8 Å². The molecule has 206 valence electrons. The van der Waals surface area contributed by atoms with Crippen LogP contribution in [0, 0.1) is 11.2 Å². The Morgan fingerprint density at radius 3 is 2.55 bits per heavy atom. The predicted molar refractivity (Wildman–Crippen MR) is 160 cm³/mol. The number of anilines is 2. The molecule has 2 N–H and O–H groups in total. The summed E-state index contributed by atoms with van der Waals surface area (Å²) < 4.78 is 21.6. The summed E-state index contributed by atoms with van der Waals surface area (Å²) in [6.07, 6.45) is 3.65. The van der Waals surface area contributed by atoms with E-state index in [1.165, 1.54) is 6.07 Å². The van der Waals surface area contributed by atoms with Gasteiger partial charge in [0.05, 0.1) is 29.6 Å². The van der Waals surface area contributed by atoms with Gasteiger partial charge in [0.2, 0.25) is 5.91 Å². The van der Waals surface area contributed by atoms with Gasteiger partial charge in [-0.25, -0.2) is 4.39 Å². The van der Waals surface area contributed by atoms with Gasteiger partial charge in [0.25, 0.3) is 0 Å². The highest BCUT2D eigenvalue weighted by molar-refractivity contribution is 7.80. The first-order valence-electron chi connectivity index (χ1n) is 12.7. The molecule has 3 heterocycles. The Labute approximate surface area is 242 Å². The van der Waals surface area contributed by atoms with Gasteiger partial charge in [-0.1, -0.05) is 38.4 Å². The van der Waals surface area contributed by atoms with E-state index in [0.29, 0.717) is 22.2 Å². The van der Waals surface area contributed by atoms with Crippen molar-refractivity contribution in [1.29, 1.82) is 0 Å². The van der Waals surface area contributed by atoms with Crippen molar-refractivity contribution < 1.29 is 13.9 Å². The molecule has 1 aliphatic rings. The molecule has 1 fully saturated rings. The van der Waals surface area contributed by atoms with Crippen LogP contribution in [0.2, 0.25) is 5.02 Å². The number of pyridine rings is 1. The smallest absolute Gasteiger partial charge is 0.229 e. The fraction of sp³-hybridized carbons (Fsp3) is 0.233. The maximum absolute atomic E-state index is 14.0. The third-order valence-corrected chi connectivity index (χ3v) is 7.36. The zero-order chi connectivity index (χ0) is 28.6. The van der Waals surface area contributed by atoms with E-state index in [2.05, 4.69) is 15.6 Å². The highest BCUT2D eigenvalue weighted by atomic mass is 35.5. The quantitative estimate of drug-likeness (QED) is 0.245. The van der Waals surface area contributed by atoms with Crippen molar-refractivity contribution >= 4 is 46.2 Å². The normalized spacial score (nSPS) is 17.1. The van der Waals surface area contributed by atoms with Crippen molar-refractivity contribution in [3.63, 3.8) is 0 Å². The number of amides is 1. The summed E-state index contributed by atoms with van der Waals surface area (Å²) in [5.41, 5.74) is 3.15. The molecular formula is C30H29ClFN5O2S. The molecule has 2 atom stereocenters. The average molecular weight is 578 g/mol. The second-order valence-electron chi connectivity index (χ2n) is 10.5. The molecule has 2 aromatic heterocycles. The Morgan fingerprint density at radius 2 is 1.88 bits per heavy atom. The Bertz CT molecular complexity index is 1570. The van der Waals surface area contributed by atoms with E-state index >= 15 is 0 Å². The third-order valence-electron chi connectivity index (χ3n) is 6.76. The minimum absolute atomic E-state index is 0.0352. The molecule has 4 aromatic rings. The van der Waals surface area contributed by atoms with Crippen LogP contribution < -0.4 is 20.3 Å². The zero-order valence-corrected chi connectivity index (χ0v) is 24.1. The molecule has 7 nitrogen and oxygen atoms in total. The van der Waals surface area contributed by atoms with Crippen molar-refractivity contribution in [2.75, 3.05) is 17.3 Å². The van der Waals surface area contributed by atoms with Crippen LogP contribution in [0.15, 0.2) is 79.1 Å². The number of methoxy groups -OCH3 is 1. The maximum Gasteiger partial charge on any atom is 0.229 e. The number of nitrogens with one attached hydrogen (secondary N) is 2. The first-order valence-corrected chi connectivity index (χ1v) is 13.5. The molecule has 0 saturated carbocycles. The van der Waals surface area contributed by atoms with Gasteiger partial charge < -0.3 is 24.8 Å². The van der Waals surface area contributed by atoms with Crippen LogP contribution in [-0.2, 0) is 4.79 Å². The summed E-state index contributed by atoms with van der Waals surface area (Å²) in [5, 5.41) is 6.94. The highest BCUT2D eigenvalue weighted by Crippen LogP contribution is 2.44. The van der Waals surface area contributed by atoms with Crippen LogP contribution in [0.25, 0.3) is 5.69 Å². The van der Waals surface area contributed by atoms with Gasteiger partial charge in [-0.15, -0.1) is 0 Å². The summed E-state index contributed by atoms with van der Waals surface area (Å²) in [6, 6.07) is 19.2. The van der Waals surface area contributed by atoms with Crippen molar-refractivity contribution in [3.05, 3.63) is 101 Å². The van der Waals surface area contributed by atoms with Crippen LogP contribution in [0.1, 0.15) is 44.2 Å². The number of rotatable bonds is 6. The molecule has 0 bridgehead atoms. The second-order valence-corrected chi connectivity index (χ2v) is 11.3. The molecule has 10 heteroatoms.